The van der Waals surface area contributed by atoms with Crippen LogP contribution >= 0.6 is 0 Å². The first kappa shape index (κ1) is 17.3. The molecule has 4 fully saturated rings. The van der Waals surface area contributed by atoms with Gasteiger partial charge in [0.2, 0.25) is 11.8 Å². The van der Waals surface area contributed by atoms with E-state index in [1.165, 1.54) is 6.42 Å². The fraction of sp³-hybridized carbons (Fsp3) is 0.571. The minimum Gasteiger partial charge on any atom is -0.458 e. The lowest BCUT2D eigenvalue weighted by atomic mass is 9.45. The molecule has 0 spiro atoms. The zero-order chi connectivity index (χ0) is 18.6. The van der Waals surface area contributed by atoms with Gasteiger partial charge in [-0.25, -0.2) is 4.79 Å². The van der Waals surface area contributed by atoms with Crippen LogP contribution in [0.3, 0.4) is 0 Å². The van der Waals surface area contributed by atoms with Crippen molar-refractivity contribution in [1.29, 1.82) is 0 Å². The average molecular weight is 355 g/mol. The fourth-order valence-corrected chi connectivity index (χ4v) is 5.10. The van der Waals surface area contributed by atoms with Crippen molar-refractivity contribution < 1.29 is 19.1 Å². The first-order valence-electron chi connectivity index (χ1n) is 9.46. The average Bonchev–Trinajstić information content (AvgIpc) is 2.94. The summed E-state index contributed by atoms with van der Waals surface area (Å²) >= 11 is 0. The lowest BCUT2D eigenvalue weighted by molar-refractivity contribution is -0.156. The van der Waals surface area contributed by atoms with Crippen LogP contribution in [0.15, 0.2) is 24.3 Å². The van der Waals surface area contributed by atoms with E-state index in [9.17, 15) is 14.4 Å². The zero-order valence-electron chi connectivity index (χ0n) is 15.5. The van der Waals surface area contributed by atoms with Gasteiger partial charge in [-0.1, -0.05) is 26.8 Å². The molecule has 1 heterocycles. The molecule has 1 aromatic rings. The van der Waals surface area contributed by atoms with Crippen LogP contribution in [0.2, 0.25) is 0 Å². The van der Waals surface area contributed by atoms with Crippen molar-refractivity contribution in [3.8, 4) is 0 Å². The van der Waals surface area contributed by atoms with E-state index in [0.29, 0.717) is 34.4 Å². The number of imide groups is 1. The molecule has 1 aliphatic heterocycles. The number of rotatable bonds is 3. The van der Waals surface area contributed by atoms with Crippen LogP contribution in [-0.4, -0.2) is 23.9 Å². The third-order valence-corrected chi connectivity index (χ3v) is 6.93. The molecule has 1 saturated heterocycles. The Kier molecular flexibility index (Phi) is 3.94. The van der Waals surface area contributed by atoms with Gasteiger partial charge in [0.1, 0.15) is 6.10 Å². The van der Waals surface area contributed by atoms with Crippen LogP contribution in [0.1, 0.15) is 56.8 Å². The van der Waals surface area contributed by atoms with Gasteiger partial charge in [-0.05, 0) is 54.2 Å². The molecule has 1 aromatic carbocycles. The highest BCUT2D eigenvalue weighted by atomic mass is 16.5. The SMILES string of the molecule is C[C@H]1[C@@H](OC(=O)c2cccc(N3C(=O)CCC3=O)c2)C[C@H]2C[C@H]1C2(C)C. The molecule has 0 aromatic heterocycles. The third kappa shape index (κ3) is 2.56. The second-order valence-corrected chi connectivity index (χ2v) is 8.57. The molecular weight excluding hydrogens is 330 g/mol. The Hall–Kier alpha value is -2.17. The maximum absolute atomic E-state index is 12.7. The molecule has 0 radical (unpaired) electrons. The molecule has 5 nitrogen and oxygen atoms in total. The van der Waals surface area contributed by atoms with Crippen LogP contribution < -0.4 is 4.90 Å². The Morgan fingerprint density at radius 3 is 2.46 bits per heavy atom. The van der Waals surface area contributed by atoms with Gasteiger partial charge < -0.3 is 4.74 Å². The monoisotopic (exact) mass is 355 g/mol. The number of hydrogen-bond acceptors (Lipinski definition) is 4. The van der Waals surface area contributed by atoms with E-state index >= 15 is 0 Å². The summed E-state index contributed by atoms with van der Waals surface area (Å²) in [4.78, 5) is 37.7. The predicted octanol–water partition coefficient (Wildman–Crippen LogP) is 3.57. The van der Waals surface area contributed by atoms with E-state index in [-0.39, 0.29) is 36.7 Å². The molecule has 4 atom stereocenters. The van der Waals surface area contributed by atoms with Crippen molar-refractivity contribution in [2.45, 2.75) is 52.6 Å². The summed E-state index contributed by atoms with van der Waals surface area (Å²) < 4.78 is 5.83. The van der Waals surface area contributed by atoms with E-state index < -0.39 is 0 Å². The second-order valence-electron chi connectivity index (χ2n) is 8.57. The Morgan fingerprint density at radius 1 is 1.15 bits per heavy atom. The van der Waals surface area contributed by atoms with Crippen molar-refractivity contribution in [3.63, 3.8) is 0 Å². The molecule has 3 aliphatic carbocycles. The summed E-state index contributed by atoms with van der Waals surface area (Å²) in [5.41, 5.74) is 1.19. The standard InChI is InChI=1S/C21H25NO4/c1-12-16-10-14(21(16,2)3)11-17(12)26-20(25)13-5-4-6-15(9-13)22-18(23)7-8-19(22)24/h4-6,9,12,14,16-17H,7-8,10-11H2,1-3H3/t12-,14-,16-,17+/m1/s1. The summed E-state index contributed by atoms with van der Waals surface area (Å²) in [6, 6.07) is 6.63. The predicted molar refractivity (Wildman–Crippen MR) is 96.5 cm³/mol. The van der Waals surface area contributed by atoms with E-state index in [1.807, 2.05) is 0 Å². The number of esters is 1. The Labute approximate surface area is 153 Å². The van der Waals surface area contributed by atoms with E-state index in [0.717, 1.165) is 11.3 Å². The minimum atomic E-state index is -0.373. The highest BCUT2D eigenvalue weighted by molar-refractivity contribution is 6.20. The normalized spacial score (nSPS) is 32.3. The van der Waals surface area contributed by atoms with Gasteiger partial charge in [0.05, 0.1) is 11.3 Å². The highest BCUT2D eigenvalue weighted by Gasteiger charge is 2.57. The molecule has 5 rings (SSSR count). The number of carbonyl (C=O) groups is 3. The quantitative estimate of drug-likeness (QED) is 0.614. The van der Waals surface area contributed by atoms with Gasteiger partial charge in [0.15, 0.2) is 0 Å². The number of amides is 2. The summed E-state index contributed by atoms with van der Waals surface area (Å²) in [5.74, 6) is 0.760. The van der Waals surface area contributed by atoms with Crippen molar-refractivity contribution in [2.75, 3.05) is 4.90 Å². The largest absolute Gasteiger partial charge is 0.458 e. The summed E-state index contributed by atoms with van der Waals surface area (Å²) in [7, 11) is 0. The number of hydrogen-bond donors (Lipinski definition) is 0. The molecule has 2 amide bonds. The number of carbonyl (C=O) groups excluding carboxylic acids is 3. The van der Waals surface area contributed by atoms with Gasteiger partial charge in [-0.2, -0.15) is 0 Å². The lowest BCUT2D eigenvalue weighted by Gasteiger charge is -2.61. The van der Waals surface area contributed by atoms with Crippen LogP contribution in [0.25, 0.3) is 0 Å². The van der Waals surface area contributed by atoms with Crippen LogP contribution in [-0.2, 0) is 14.3 Å². The van der Waals surface area contributed by atoms with Crippen LogP contribution in [0.4, 0.5) is 5.69 Å². The molecule has 2 bridgehead atoms. The molecule has 5 heteroatoms. The Bertz CT molecular complexity index is 768. The van der Waals surface area contributed by atoms with E-state index in [1.54, 1.807) is 24.3 Å². The topological polar surface area (TPSA) is 63.7 Å². The first-order valence-corrected chi connectivity index (χ1v) is 9.46. The van der Waals surface area contributed by atoms with Crippen molar-refractivity contribution in [3.05, 3.63) is 29.8 Å². The number of ether oxygens (including phenoxy) is 1. The van der Waals surface area contributed by atoms with Gasteiger partial charge >= 0.3 is 5.97 Å². The molecule has 0 unspecified atom stereocenters. The maximum Gasteiger partial charge on any atom is 0.338 e. The fourth-order valence-electron chi connectivity index (χ4n) is 5.10. The van der Waals surface area contributed by atoms with Crippen molar-refractivity contribution in [1.82, 2.24) is 0 Å². The van der Waals surface area contributed by atoms with Gasteiger partial charge in [-0.15, -0.1) is 0 Å². The Morgan fingerprint density at radius 2 is 1.85 bits per heavy atom. The number of fused-ring (bicyclic) bond motifs is 2. The van der Waals surface area contributed by atoms with E-state index in [2.05, 4.69) is 20.8 Å². The minimum absolute atomic E-state index is 0.0574. The summed E-state index contributed by atoms with van der Waals surface area (Å²) in [5, 5.41) is 0. The summed E-state index contributed by atoms with van der Waals surface area (Å²) in [6.45, 7) is 6.81. The van der Waals surface area contributed by atoms with Crippen molar-refractivity contribution in [2.24, 2.45) is 23.2 Å². The second kappa shape index (κ2) is 5.93. The first-order chi connectivity index (χ1) is 12.3. The van der Waals surface area contributed by atoms with Crippen LogP contribution in [0.5, 0.6) is 0 Å². The van der Waals surface area contributed by atoms with Gasteiger partial charge in [0, 0.05) is 12.8 Å². The van der Waals surface area contributed by atoms with Gasteiger partial charge in [-0.3, -0.25) is 14.5 Å². The van der Waals surface area contributed by atoms with Crippen LogP contribution in [0, 0.1) is 23.2 Å². The molecule has 3 saturated carbocycles. The lowest BCUT2D eigenvalue weighted by Crippen LogP contribution is -2.57. The Balaban J connectivity index is 1.49. The van der Waals surface area contributed by atoms with E-state index in [4.69, 9.17) is 4.74 Å². The molecular formula is C21H25NO4. The number of benzene rings is 1. The zero-order valence-corrected chi connectivity index (χ0v) is 15.5. The summed E-state index contributed by atoms with van der Waals surface area (Å²) in [6.07, 6.45) is 2.55. The smallest absolute Gasteiger partial charge is 0.338 e. The number of nitrogens with zero attached hydrogens (tertiary/aromatic N) is 1. The molecule has 26 heavy (non-hydrogen) atoms. The third-order valence-electron chi connectivity index (χ3n) is 6.93. The molecule has 138 valence electrons. The van der Waals surface area contributed by atoms with Gasteiger partial charge in [0.25, 0.3) is 0 Å². The van der Waals surface area contributed by atoms with Crippen molar-refractivity contribution >= 4 is 23.5 Å². The molecule has 0 N–H and O–H groups in total. The number of anilines is 1. The highest BCUT2D eigenvalue weighted by Crippen LogP contribution is 2.61. The maximum atomic E-state index is 12.7. The molecule has 4 aliphatic rings.